The van der Waals surface area contributed by atoms with Gasteiger partial charge in [0, 0.05) is 37.1 Å². The average Bonchev–Trinajstić information content (AvgIpc) is 3.19. The Bertz CT molecular complexity index is 1280. The van der Waals surface area contributed by atoms with Crippen LogP contribution in [-0.4, -0.2) is 30.2 Å². The highest BCUT2D eigenvalue weighted by atomic mass is 16.1. The number of carbonyl (C=O) groups excluding carboxylic acids is 1. The Labute approximate surface area is 166 Å². The first kappa shape index (κ1) is 17.2. The lowest BCUT2D eigenvalue weighted by atomic mass is 10.00. The third-order valence-electron chi connectivity index (χ3n) is 5.18. The lowest BCUT2D eigenvalue weighted by Gasteiger charge is -2.09. The highest BCUT2D eigenvalue weighted by molar-refractivity contribution is 6.09. The minimum atomic E-state index is -0.236. The molecule has 0 spiro atoms. The molecule has 0 bridgehead atoms. The van der Waals surface area contributed by atoms with Crippen molar-refractivity contribution < 1.29 is 4.79 Å². The van der Waals surface area contributed by atoms with Crippen LogP contribution < -0.4 is 10.6 Å². The van der Waals surface area contributed by atoms with Crippen molar-refractivity contribution in [3.63, 3.8) is 0 Å². The molecule has 1 aliphatic heterocycles. The van der Waals surface area contributed by atoms with Crippen molar-refractivity contribution in [3.05, 3.63) is 55.1 Å². The molecule has 0 atom stereocenters. The third kappa shape index (κ3) is 2.60. The van der Waals surface area contributed by atoms with Crippen molar-refractivity contribution in [2.45, 2.75) is 6.54 Å². The van der Waals surface area contributed by atoms with Crippen molar-refractivity contribution in [3.8, 4) is 22.4 Å². The minimum absolute atomic E-state index is 0.236. The highest BCUT2D eigenvalue weighted by Crippen LogP contribution is 2.44. The van der Waals surface area contributed by atoms with Gasteiger partial charge < -0.3 is 15.2 Å². The minimum Gasteiger partial charge on any atom is -0.364 e. The number of anilines is 2. The van der Waals surface area contributed by atoms with E-state index in [0.29, 0.717) is 12.2 Å². The maximum absolute atomic E-state index is 11.6. The van der Waals surface area contributed by atoms with E-state index in [1.54, 1.807) is 6.33 Å². The van der Waals surface area contributed by atoms with Gasteiger partial charge in [0.2, 0.25) is 5.91 Å². The van der Waals surface area contributed by atoms with E-state index in [4.69, 9.17) is 0 Å². The van der Waals surface area contributed by atoms with E-state index in [1.165, 1.54) is 6.08 Å². The first-order valence-electron chi connectivity index (χ1n) is 9.21. The third-order valence-corrected chi connectivity index (χ3v) is 5.18. The maximum Gasteiger partial charge on any atom is 0.247 e. The molecule has 4 heterocycles. The second-order valence-electron chi connectivity index (χ2n) is 6.99. The number of rotatable bonds is 3. The van der Waals surface area contributed by atoms with Crippen LogP contribution in [0.5, 0.6) is 0 Å². The Hall–Kier alpha value is -3.94. The number of hydrogen-bond acceptors (Lipinski definition) is 5. The summed E-state index contributed by atoms with van der Waals surface area (Å²) < 4.78 is 3.91. The molecule has 0 aliphatic carbocycles. The zero-order valence-electron chi connectivity index (χ0n) is 16.1. The second kappa shape index (κ2) is 6.30. The molecule has 29 heavy (non-hydrogen) atoms. The van der Waals surface area contributed by atoms with Crippen molar-refractivity contribution in [1.29, 1.82) is 0 Å². The van der Waals surface area contributed by atoms with Gasteiger partial charge in [-0.05, 0) is 23.8 Å². The molecule has 1 amide bonds. The smallest absolute Gasteiger partial charge is 0.247 e. The molecule has 1 aromatic carbocycles. The van der Waals surface area contributed by atoms with E-state index in [2.05, 4.69) is 36.8 Å². The summed E-state index contributed by atoms with van der Waals surface area (Å²) in [5.74, 6) is 0.572. The number of amides is 1. The van der Waals surface area contributed by atoms with Crippen LogP contribution in [-0.2, 0) is 25.4 Å². The van der Waals surface area contributed by atoms with Crippen LogP contribution >= 0.6 is 0 Å². The fourth-order valence-electron chi connectivity index (χ4n) is 3.93. The summed E-state index contributed by atoms with van der Waals surface area (Å²) in [6, 6.07) is 7.75. The number of nitrogens with zero attached hydrogens (tertiary/aromatic N) is 5. The normalized spacial score (nSPS) is 12.2. The molecule has 4 aromatic rings. The van der Waals surface area contributed by atoms with Gasteiger partial charge in [0.25, 0.3) is 0 Å². The number of benzene rings is 1. The molecule has 8 nitrogen and oxygen atoms in total. The van der Waals surface area contributed by atoms with Gasteiger partial charge >= 0.3 is 0 Å². The monoisotopic (exact) mass is 385 g/mol. The zero-order valence-corrected chi connectivity index (χ0v) is 16.1. The van der Waals surface area contributed by atoms with Crippen molar-refractivity contribution in [2.75, 3.05) is 10.6 Å². The summed E-state index contributed by atoms with van der Waals surface area (Å²) in [6.07, 6.45) is 4.87. The predicted octanol–water partition coefficient (Wildman–Crippen LogP) is 3.09. The Morgan fingerprint density at radius 2 is 2.03 bits per heavy atom. The summed E-state index contributed by atoms with van der Waals surface area (Å²) in [4.78, 5) is 20.6. The van der Waals surface area contributed by atoms with Crippen LogP contribution in [0.2, 0.25) is 0 Å². The van der Waals surface area contributed by atoms with E-state index in [1.807, 2.05) is 49.2 Å². The number of hydrogen-bond donors (Lipinski definition) is 2. The van der Waals surface area contributed by atoms with Crippen molar-refractivity contribution in [2.24, 2.45) is 14.1 Å². The average molecular weight is 385 g/mol. The van der Waals surface area contributed by atoms with E-state index in [9.17, 15) is 4.79 Å². The molecule has 2 N–H and O–H groups in total. The van der Waals surface area contributed by atoms with Crippen LogP contribution in [0.15, 0.2) is 49.4 Å². The number of aromatic nitrogens is 5. The molecule has 0 saturated heterocycles. The lowest BCUT2D eigenvalue weighted by Crippen LogP contribution is -2.06. The van der Waals surface area contributed by atoms with Gasteiger partial charge in [-0.1, -0.05) is 18.7 Å². The van der Waals surface area contributed by atoms with E-state index >= 15 is 0 Å². The zero-order chi connectivity index (χ0) is 20.1. The fraction of sp³-hybridized carbons (Fsp3) is 0.143. The number of aryl methyl sites for hydroxylation is 2. The highest BCUT2D eigenvalue weighted by Gasteiger charge is 2.27. The van der Waals surface area contributed by atoms with Gasteiger partial charge in [-0.3, -0.25) is 9.48 Å². The first-order valence-corrected chi connectivity index (χ1v) is 9.21. The molecule has 1 aliphatic rings. The summed E-state index contributed by atoms with van der Waals surface area (Å²) >= 11 is 0. The Balaban J connectivity index is 1.75. The van der Waals surface area contributed by atoms with Gasteiger partial charge in [-0.25, -0.2) is 9.97 Å². The standard InChI is InChI=1S/C21H19N7O/c1-4-16(29)25-13-7-5-12(6-8-13)19-17-14-10-27(2)26-15(14)9-22-20-18(17)21(28(19)3)24-11-23-20/h4-8,10-11H,1,9H2,2-3H3,(H,25,29)(H,22,23,24). The summed E-state index contributed by atoms with van der Waals surface area (Å²) in [6.45, 7) is 4.09. The van der Waals surface area contributed by atoms with Gasteiger partial charge in [-0.15, -0.1) is 0 Å². The van der Waals surface area contributed by atoms with E-state index in [-0.39, 0.29) is 5.91 Å². The molecule has 0 radical (unpaired) electrons. The first-order chi connectivity index (χ1) is 14.1. The van der Waals surface area contributed by atoms with Gasteiger partial charge in [0.1, 0.15) is 17.8 Å². The second-order valence-corrected chi connectivity index (χ2v) is 6.99. The molecular formula is C21H19N7O. The molecule has 0 saturated carbocycles. The van der Waals surface area contributed by atoms with E-state index < -0.39 is 0 Å². The van der Waals surface area contributed by atoms with Crippen molar-refractivity contribution in [1.82, 2.24) is 24.3 Å². The number of fused-ring (bicyclic) bond motifs is 2. The Kier molecular flexibility index (Phi) is 3.73. The summed E-state index contributed by atoms with van der Waals surface area (Å²) in [5.41, 5.74) is 6.71. The SMILES string of the molecule is C=CC(=O)Nc1ccc(-c2c3c4c(ncnc4n2C)NCc2nn(C)cc2-3)cc1. The Morgan fingerprint density at radius 1 is 1.24 bits per heavy atom. The van der Waals surface area contributed by atoms with Gasteiger partial charge in [0.05, 0.1) is 23.3 Å². The molecule has 8 heteroatoms. The predicted molar refractivity (Wildman–Crippen MR) is 112 cm³/mol. The van der Waals surface area contributed by atoms with Gasteiger partial charge in [-0.2, -0.15) is 5.10 Å². The lowest BCUT2D eigenvalue weighted by molar-refractivity contribution is -0.111. The topological polar surface area (TPSA) is 89.7 Å². The number of carbonyl (C=O) groups is 1. The maximum atomic E-state index is 11.6. The molecule has 0 unspecified atom stereocenters. The molecule has 3 aromatic heterocycles. The number of nitrogens with one attached hydrogen (secondary N) is 2. The van der Waals surface area contributed by atoms with Crippen LogP contribution in [0.1, 0.15) is 5.69 Å². The molecule has 5 rings (SSSR count). The van der Waals surface area contributed by atoms with Crippen LogP contribution in [0.25, 0.3) is 33.4 Å². The Morgan fingerprint density at radius 3 is 2.79 bits per heavy atom. The van der Waals surface area contributed by atoms with Crippen LogP contribution in [0.4, 0.5) is 11.5 Å². The van der Waals surface area contributed by atoms with E-state index in [0.717, 1.165) is 44.9 Å². The fourth-order valence-corrected chi connectivity index (χ4v) is 3.93. The van der Waals surface area contributed by atoms with Crippen LogP contribution in [0.3, 0.4) is 0 Å². The van der Waals surface area contributed by atoms with Gasteiger partial charge in [0.15, 0.2) is 0 Å². The molecule has 0 fully saturated rings. The van der Waals surface area contributed by atoms with Crippen LogP contribution in [0, 0.1) is 0 Å². The van der Waals surface area contributed by atoms with Crippen molar-refractivity contribution >= 4 is 28.4 Å². The summed E-state index contributed by atoms with van der Waals surface area (Å²) in [5, 5.41) is 11.8. The molecule has 144 valence electrons. The largest absolute Gasteiger partial charge is 0.364 e. The molecular weight excluding hydrogens is 366 g/mol. The summed E-state index contributed by atoms with van der Waals surface area (Å²) in [7, 11) is 3.93. The quantitative estimate of drug-likeness (QED) is 0.529.